The number of hydrogen-bond acceptors (Lipinski definition) is 4. The Morgan fingerprint density at radius 3 is 2.76 bits per heavy atom. The predicted octanol–water partition coefficient (Wildman–Crippen LogP) is 2.74. The van der Waals surface area contributed by atoms with Crippen LogP contribution in [0.2, 0.25) is 0 Å². The van der Waals surface area contributed by atoms with Gasteiger partial charge in [0, 0.05) is 11.6 Å². The maximum Gasteiger partial charge on any atom is 0.331 e. The van der Waals surface area contributed by atoms with Gasteiger partial charge < -0.3 is 14.9 Å². The summed E-state index contributed by atoms with van der Waals surface area (Å²) in [7, 11) is 0. The van der Waals surface area contributed by atoms with Gasteiger partial charge in [0.2, 0.25) is 5.91 Å². The summed E-state index contributed by atoms with van der Waals surface area (Å²) in [6.45, 7) is 0.0694. The Hall–Kier alpha value is -2.09. The lowest BCUT2D eigenvalue weighted by atomic mass is 10.1. The van der Waals surface area contributed by atoms with E-state index in [1.807, 2.05) is 22.6 Å². The van der Waals surface area contributed by atoms with E-state index in [1.54, 1.807) is 36.4 Å². The molecular weight excluding hydrogens is 385 g/mol. The van der Waals surface area contributed by atoms with Gasteiger partial charge in [-0.05, 0) is 58.5 Å². The van der Waals surface area contributed by atoms with E-state index in [9.17, 15) is 9.59 Å². The summed E-state index contributed by atoms with van der Waals surface area (Å²) in [6.07, 6.45) is 2.82. The highest BCUT2D eigenvalue weighted by Gasteiger charge is 2.04. The van der Waals surface area contributed by atoms with Crippen molar-refractivity contribution in [2.24, 2.45) is 5.73 Å². The molecule has 6 heteroatoms. The molecule has 0 saturated heterocycles. The summed E-state index contributed by atoms with van der Waals surface area (Å²) in [4.78, 5) is 22.6. The van der Waals surface area contributed by atoms with Crippen molar-refractivity contribution in [1.29, 1.82) is 0 Å². The number of hydrogen-bond donors (Lipinski definition) is 1. The van der Waals surface area contributed by atoms with E-state index >= 15 is 0 Å². The van der Waals surface area contributed by atoms with E-state index in [4.69, 9.17) is 14.9 Å². The van der Waals surface area contributed by atoms with E-state index in [0.717, 1.165) is 3.77 Å². The second-order valence-electron chi connectivity index (χ2n) is 4.15. The van der Waals surface area contributed by atoms with Gasteiger partial charge in [0.1, 0.15) is 12.4 Å². The predicted molar refractivity (Wildman–Crippen MR) is 85.2 cm³/mol. The number of carbonyl (C=O) groups excluding carboxylic acids is 2. The van der Waals surface area contributed by atoms with Crippen LogP contribution in [0.4, 0.5) is 0 Å². The highest BCUT2D eigenvalue weighted by atomic mass is 127. The highest BCUT2D eigenvalue weighted by Crippen LogP contribution is 2.11. The van der Waals surface area contributed by atoms with E-state index in [2.05, 4.69) is 0 Å². The zero-order valence-corrected chi connectivity index (χ0v) is 13.1. The van der Waals surface area contributed by atoms with Gasteiger partial charge in [-0.1, -0.05) is 12.1 Å². The minimum Gasteiger partial charge on any atom is -0.458 e. The molecule has 0 unspecified atom stereocenters. The summed E-state index contributed by atoms with van der Waals surface area (Å²) in [5.74, 6) is -0.437. The number of furan rings is 1. The van der Waals surface area contributed by atoms with Gasteiger partial charge in [-0.2, -0.15) is 0 Å². The van der Waals surface area contributed by atoms with E-state index in [0.29, 0.717) is 16.9 Å². The molecule has 0 spiro atoms. The quantitative estimate of drug-likeness (QED) is 0.478. The Labute approximate surface area is 134 Å². The summed E-state index contributed by atoms with van der Waals surface area (Å²) < 4.78 is 11.1. The van der Waals surface area contributed by atoms with Crippen molar-refractivity contribution < 1.29 is 18.7 Å². The van der Waals surface area contributed by atoms with Crippen molar-refractivity contribution in [3.63, 3.8) is 0 Å². The molecule has 108 valence electrons. The van der Waals surface area contributed by atoms with Crippen LogP contribution >= 0.6 is 22.6 Å². The molecular formula is C15H12INO4. The minimum absolute atomic E-state index is 0.0694. The molecule has 1 aromatic carbocycles. The van der Waals surface area contributed by atoms with E-state index in [-0.39, 0.29) is 6.61 Å². The van der Waals surface area contributed by atoms with Crippen LogP contribution in [0.1, 0.15) is 21.7 Å². The number of nitrogens with two attached hydrogens (primary N) is 1. The van der Waals surface area contributed by atoms with Crippen LogP contribution < -0.4 is 5.73 Å². The standard InChI is InChI=1S/C15H12INO4/c16-13-6-4-12(21-13)5-7-14(18)20-9-10-2-1-3-11(8-10)15(17)19/h1-8H,9H2,(H2,17,19)/b7-5+. The van der Waals surface area contributed by atoms with Gasteiger partial charge in [0.15, 0.2) is 3.77 Å². The lowest BCUT2D eigenvalue weighted by Crippen LogP contribution is -2.11. The first-order chi connectivity index (χ1) is 10.0. The second-order valence-corrected chi connectivity index (χ2v) is 5.21. The molecule has 1 heterocycles. The molecule has 0 atom stereocenters. The average molecular weight is 397 g/mol. The molecule has 0 fully saturated rings. The third-order valence-corrected chi connectivity index (χ3v) is 3.15. The number of amides is 1. The largest absolute Gasteiger partial charge is 0.458 e. The number of rotatable bonds is 5. The second kappa shape index (κ2) is 7.07. The Kier molecular flexibility index (Phi) is 5.15. The fourth-order valence-corrected chi connectivity index (χ4v) is 2.02. The van der Waals surface area contributed by atoms with Crippen molar-refractivity contribution in [3.05, 3.63) is 63.1 Å². The maximum atomic E-state index is 11.6. The number of ether oxygens (including phenoxy) is 1. The number of esters is 1. The molecule has 0 saturated carbocycles. The Bertz CT molecular complexity index is 690. The monoisotopic (exact) mass is 397 g/mol. The molecule has 5 nitrogen and oxygen atoms in total. The van der Waals surface area contributed by atoms with Gasteiger partial charge in [0.25, 0.3) is 0 Å². The van der Waals surface area contributed by atoms with Crippen molar-refractivity contribution >= 4 is 40.5 Å². The summed E-state index contributed by atoms with van der Waals surface area (Å²) in [5.41, 5.74) is 6.26. The SMILES string of the molecule is NC(=O)c1cccc(COC(=O)/C=C/c2ccc(I)o2)c1. The Morgan fingerprint density at radius 1 is 1.29 bits per heavy atom. The number of primary amides is 1. The van der Waals surface area contributed by atoms with Crippen LogP contribution in [-0.4, -0.2) is 11.9 Å². The number of halogens is 1. The van der Waals surface area contributed by atoms with E-state index in [1.165, 1.54) is 12.2 Å². The van der Waals surface area contributed by atoms with Crippen molar-refractivity contribution in [2.75, 3.05) is 0 Å². The normalized spacial score (nSPS) is 10.7. The smallest absolute Gasteiger partial charge is 0.331 e. The highest BCUT2D eigenvalue weighted by molar-refractivity contribution is 14.1. The third-order valence-electron chi connectivity index (χ3n) is 2.57. The van der Waals surface area contributed by atoms with Gasteiger partial charge in [0.05, 0.1) is 0 Å². The first-order valence-corrected chi connectivity index (χ1v) is 7.11. The molecule has 21 heavy (non-hydrogen) atoms. The summed E-state index contributed by atoms with van der Waals surface area (Å²) in [6, 6.07) is 10.2. The van der Waals surface area contributed by atoms with Crippen molar-refractivity contribution in [3.8, 4) is 0 Å². The first-order valence-electron chi connectivity index (χ1n) is 6.03. The summed E-state index contributed by atoms with van der Waals surface area (Å²) in [5, 5.41) is 0. The molecule has 0 aliphatic heterocycles. The lowest BCUT2D eigenvalue weighted by Gasteiger charge is -2.03. The molecule has 0 bridgehead atoms. The van der Waals surface area contributed by atoms with Crippen LogP contribution in [0.3, 0.4) is 0 Å². The topological polar surface area (TPSA) is 82.5 Å². The molecule has 0 radical (unpaired) electrons. The molecule has 0 aliphatic carbocycles. The van der Waals surface area contributed by atoms with Crippen LogP contribution in [-0.2, 0) is 16.1 Å². The zero-order chi connectivity index (χ0) is 15.2. The molecule has 2 aromatic rings. The van der Waals surface area contributed by atoms with Gasteiger partial charge in [-0.15, -0.1) is 0 Å². The van der Waals surface area contributed by atoms with Crippen LogP contribution in [0, 0.1) is 3.77 Å². The van der Waals surface area contributed by atoms with Crippen LogP contribution in [0.5, 0.6) is 0 Å². The van der Waals surface area contributed by atoms with Crippen molar-refractivity contribution in [2.45, 2.75) is 6.61 Å². The fraction of sp³-hybridized carbons (Fsp3) is 0.0667. The number of carbonyl (C=O) groups is 2. The molecule has 2 N–H and O–H groups in total. The first kappa shape index (κ1) is 15.3. The maximum absolute atomic E-state index is 11.6. The van der Waals surface area contributed by atoms with Crippen LogP contribution in [0.15, 0.2) is 46.9 Å². The Morgan fingerprint density at radius 2 is 2.10 bits per heavy atom. The van der Waals surface area contributed by atoms with Crippen molar-refractivity contribution in [1.82, 2.24) is 0 Å². The molecule has 1 aromatic heterocycles. The molecule has 0 aliphatic rings. The van der Waals surface area contributed by atoms with Gasteiger partial charge in [-0.3, -0.25) is 4.79 Å². The Balaban J connectivity index is 1.90. The number of benzene rings is 1. The average Bonchev–Trinajstić information content (AvgIpc) is 2.89. The van der Waals surface area contributed by atoms with Gasteiger partial charge in [-0.25, -0.2) is 4.79 Å². The minimum atomic E-state index is -0.518. The fourth-order valence-electron chi connectivity index (χ4n) is 1.58. The van der Waals surface area contributed by atoms with E-state index < -0.39 is 11.9 Å². The third kappa shape index (κ3) is 4.75. The molecule has 1 amide bonds. The van der Waals surface area contributed by atoms with Gasteiger partial charge >= 0.3 is 5.97 Å². The lowest BCUT2D eigenvalue weighted by molar-refractivity contribution is -0.138. The molecule has 2 rings (SSSR count). The van der Waals surface area contributed by atoms with Crippen LogP contribution in [0.25, 0.3) is 6.08 Å². The zero-order valence-electron chi connectivity index (χ0n) is 10.9. The summed E-state index contributed by atoms with van der Waals surface area (Å²) >= 11 is 2.04.